The second-order valence-electron chi connectivity index (χ2n) is 5.53. The monoisotopic (exact) mass is 424 g/mol. The number of aryl methyl sites for hydroxylation is 1. The summed E-state index contributed by atoms with van der Waals surface area (Å²) in [7, 11) is 0. The zero-order chi connectivity index (χ0) is 15.5. The molecule has 0 radical (unpaired) electrons. The SMILES string of the molecule is CCCCCCCCCCCCn1cnc(Cl)c(I)c1=O. The van der Waals surface area contributed by atoms with Crippen molar-refractivity contribution in [3.05, 3.63) is 25.4 Å². The minimum Gasteiger partial charge on any atom is -0.298 e. The van der Waals surface area contributed by atoms with Crippen molar-refractivity contribution in [3.8, 4) is 0 Å². The van der Waals surface area contributed by atoms with Gasteiger partial charge in [0.1, 0.15) is 8.72 Å². The number of hydrogen-bond donors (Lipinski definition) is 0. The lowest BCUT2D eigenvalue weighted by molar-refractivity contribution is 0.527. The molecule has 1 heterocycles. The summed E-state index contributed by atoms with van der Waals surface area (Å²) >= 11 is 7.78. The molecule has 0 N–H and O–H groups in total. The second kappa shape index (κ2) is 11.5. The maximum atomic E-state index is 11.9. The van der Waals surface area contributed by atoms with Crippen molar-refractivity contribution in [1.82, 2.24) is 9.55 Å². The van der Waals surface area contributed by atoms with E-state index in [2.05, 4.69) is 11.9 Å². The van der Waals surface area contributed by atoms with Crippen LogP contribution in [0, 0.1) is 3.57 Å². The summed E-state index contributed by atoms with van der Waals surface area (Å²) in [6.45, 7) is 3.00. The highest BCUT2D eigenvalue weighted by atomic mass is 127. The normalized spacial score (nSPS) is 11.0. The smallest absolute Gasteiger partial charge is 0.268 e. The molecule has 0 aliphatic carbocycles. The molecule has 0 aromatic carbocycles. The summed E-state index contributed by atoms with van der Waals surface area (Å²) in [4.78, 5) is 15.9. The molecule has 0 spiro atoms. The summed E-state index contributed by atoms with van der Waals surface area (Å²) < 4.78 is 2.18. The van der Waals surface area contributed by atoms with Crippen molar-refractivity contribution in [1.29, 1.82) is 0 Å². The fourth-order valence-corrected chi connectivity index (χ4v) is 2.95. The Kier molecular flexibility index (Phi) is 10.3. The van der Waals surface area contributed by atoms with Crippen LogP contribution in [0.3, 0.4) is 0 Å². The van der Waals surface area contributed by atoms with Crippen LogP contribution in [0.5, 0.6) is 0 Å². The van der Waals surface area contributed by atoms with E-state index >= 15 is 0 Å². The van der Waals surface area contributed by atoms with Crippen LogP contribution in [0.15, 0.2) is 11.1 Å². The average Bonchev–Trinajstić information content (AvgIpc) is 2.49. The van der Waals surface area contributed by atoms with E-state index in [0.717, 1.165) is 13.0 Å². The van der Waals surface area contributed by atoms with Gasteiger partial charge in [0.05, 0.1) is 6.33 Å². The minimum atomic E-state index is -0.0217. The van der Waals surface area contributed by atoms with Crippen LogP contribution in [0.4, 0.5) is 0 Å². The van der Waals surface area contributed by atoms with E-state index in [1.807, 2.05) is 22.6 Å². The summed E-state index contributed by atoms with van der Waals surface area (Å²) in [6.07, 6.45) is 14.6. The van der Waals surface area contributed by atoms with Crippen LogP contribution in [-0.2, 0) is 6.54 Å². The topological polar surface area (TPSA) is 34.9 Å². The molecule has 0 atom stereocenters. The predicted octanol–water partition coefficient (Wildman–Crippen LogP) is 5.42. The first-order valence-electron chi connectivity index (χ1n) is 8.07. The number of unbranched alkanes of at least 4 members (excludes halogenated alkanes) is 9. The van der Waals surface area contributed by atoms with Crippen molar-refractivity contribution in [2.45, 2.75) is 77.7 Å². The summed E-state index contributed by atoms with van der Waals surface area (Å²) in [6, 6.07) is 0. The first kappa shape index (κ1) is 18.9. The highest BCUT2D eigenvalue weighted by Gasteiger charge is 2.06. The Morgan fingerprint density at radius 1 is 1.05 bits per heavy atom. The average molecular weight is 425 g/mol. The van der Waals surface area contributed by atoms with Gasteiger partial charge in [-0.1, -0.05) is 76.3 Å². The standard InChI is InChI=1S/C16H26ClIN2O/c1-2-3-4-5-6-7-8-9-10-11-12-20-13-19-15(17)14(18)16(20)21/h13H,2-12H2,1H3. The Morgan fingerprint density at radius 2 is 1.57 bits per heavy atom. The van der Waals surface area contributed by atoms with E-state index in [1.165, 1.54) is 57.8 Å². The van der Waals surface area contributed by atoms with E-state index in [1.54, 1.807) is 10.9 Å². The quantitative estimate of drug-likeness (QED) is 0.270. The van der Waals surface area contributed by atoms with E-state index in [0.29, 0.717) is 8.72 Å². The molecular weight excluding hydrogens is 399 g/mol. The molecule has 0 unspecified atom stereocenters. The van der Waals surface area contributed by atoms with Crippen molar-refractivity contribution in [3.63, 3.8) is 0 Å². The van der Waals surface area contributed by atoms with Crippen molar-refractivity contribution < 1.29 is 0 Å². The molecule has 120 valence electrons. The molecule has 0 amide bonds. The van der Waals surface area contributed by atoms with Crippen LogP contribution in [0.1, 0.15) is 71.1 Å². The Morgan fingerprint density at radius 3 is 2.14 bits per heavy atom. The highest BCUT2D eigenvalue weighted by Crippen LogP contribution is 2.12. The molecule has 21 heavy (non-hydrogen) atoms. The van der Waals surface area contributed by atoms with E-state index in [4.69, 9.17) is 11.6 Å². The van der Waals surface area contributed by atoms with Gasteiger partial charge in [-0.25, -0.2) is 4.98 Å². The Balaban J connectivity index is 2.07. The first-order chi connectivity index (χ1) is 10.2. The molecule has 0 saturated carbocycles. The number of aromatic nitrogens is 2. The van der Waals surface area contributed by atoms with Crippen molar-refractivity contribution in [2.24, 2.45) is 0 Å². The van der Waals surface area contributed by atoms with E-state index < -0.39 is 0 Å². The number of nitrogens with zero attached hydrogens (tertiary/aromatic N) is 2. The van der Waals surface area contributed by atoms with Gasteiger partial charge < -0.3 is 0 Å². The van der Waals surface area contributed by atoms with Gasteiger partial charge in [-0.3, -0.25) is 9.36 Å². The van der Waals surface area contributed by atoms with Gasteiger partial charge in [0.15, 0.2) is 0 Å². The second-order valence-corrected chi connectivity index (χ2v) is 6.97. The molecule has 0 aliphatic rings. The van der Waals surface area contributed by atoms with Crippen LogP contribution < -0.4 is 5.56 Å². The third-order valence-electron chi connectivity index (χ3n) is 3.69. The summed E-state index contributed by atoms with van der Waals surface area (Å²) in [5, 5.41) is 0.305. The molecule has 0 fully saturated rings. The maximum absolute atomic E-state index is 11.9. The summed E-state index contributed by atoms with van der Waals surface area (Å²) in [5.41, 5.74) is -0.0217. The fraction of sp³-hybridized carbons (Fsp3) is 0.750. The molecule has 3 nitrogen and oxygen atoms in total. The van der Waals surface area contributed by atoms with E-state index in [9.17, 15) is 4.79 Å². The van der Waals surface area contributed by atoms with E-state index in [-0.39, 0.29) is 5.56 Å². The Bertz CT molecular complexity index is 462. The van der Waals surface area contributed by atoms with Gasteiger partial charge in [-0.2, -0.15) is 0 Å². The Labute approximate surface area is 146 Å². The van der Waals surface area contributed by atoms with Crippen molar-refractivity contribution >= 4 is 34.2 Å². The van der Waals surface area contributed by atoms with Crippen LogP contribution in [0.25, 0.3) is 0 Å². The third-order valence-corrected chi connectivity index (χ3v) is 5.27. The lowest BCUT2D eigenvalue weighted by atomic mass is 10.1. The molecule has 1 aromatic rings. The third kappa shape index (κ3) is 7.63. The molecule has 0 saturated heterocycles. The largest absolute Gasteiger partial charge is 0.298 e. The Hall–Kier alpha value is -0.100. The lowest BCUT2D eigenvalue weighted by Crippen LogP contribution is -2.23. The molecule has 0 bridgehead atoms. The number of rotatable bonds is 11. The van der Waals surface area contributed by atoms with Crippen LogP contribution >= 0.6 is 34.2 Å². The number of halogens is 2. The molecule has 1 aromatic heterocycles. The van der Waals surface area contributed by atoms with Crippen molar-refractivity contribution in [2.75, 3.05) is 0 Å². The molecular formula is C16H26ClIN2O. The molecule has 1 rings (SSSR count). The number of hydrogen-bond acceptors (Lipinski definition) is 2. The summed E-state index contributed by atoms with van der Waals surface area (Å²) in [5.74, 6) is 0. The van der Waals surface area contributed by atoms with Gasteiger partial charge in [-0.15, -0.1) is 0 Å². The minimum absolute atomic E-state index is 0.0217. The van der Waals surface area contributed by atoms with Crippen LogP contribution in [0.2, 0.25) is 5.15 Å². The van der Waals surface area contributed by atoms with Gasteiger partial charge >= 0.3 is 0 Å². The van der Waals surface area contributed by atoms with Gasteiger partial charge in [0, 0.05) is 6.54 Å². The van der Waals surface area contributed by atoms with Gasteiger partial charge in [0.25, 0.3) is 5.56 Å². The van der Waals surface area contributed by atoms with Crippen LogP contribution in [-0.4, -0.2) is 9.55 Å². The lowest BCUT2D eigenvalue weighted by Gasteiger charge is -2.06. The first-order valence-corrected chi connectivity index (χ1v) is 9.53. The molecule has 0 aliphatic heterocycles. The fourth-order valence-electron chi connectivity index (χ4n) is 2.37. The van der Waals surface area contributed by atoms with Gasteiger partial charge in [-0.05, 0) is 29.0 Å². The van der Waals surface area contributed by atoms with Gasteiger partial charge in [0.2, 0.25) is 0 Å². The predicted molar refractivity (Wildman–Crippen MR) is 98.1 cm³/mol. The zero-order valence-corrected chi connectivity index (χ0v) is 15.8. The zero-order valence-electron chi connectivity index (χ0n) is 12.9. The maximum Gasteiger partial charge on any atom is 0.268 e. The molecule has 5 heteroatoms. The highest BCUT2D eigenvalue weighted by molar-refractivity contribution is 14.1.